The van der Waals surface area contributed by atoms with Gasteiger partial charge >= 0.3 is 0 Å². The van der Waals surface area contributed by atoms with Crippen molar-refractivity contribution in [2.75, 3.05) is 0 Å². The monoisotopic (exact) mass is 449 g/mol. The molecule has 0 saturated carbocycles. The van der Waals surface area contributed by atoms with Gasteiger partial charge in [0.2, 0.25) is 0 Å². The zero-order valence-corrected chi connectivity index (χ0v) is 17.3. The Morgan fingerprint density at radius 3 is 2.78 bits per heavy atom. The molecule has 160 valence electrons. The Morgan fingerprint density at radius 2 is 1.97 bits per heavy atom. The average Bonchev–Trinajstić information content (AvgIpc) is 3.22. The summed E-state index contributed by atoms with van der Waals surface area (Å²) >= 11 is 1.22. The summed E-state index contributed by atoms with van der Waals surface area (Å²) in [7, 11) is 0. The molecule has 32 heavy (non-hydrogen) atoms. The number of thiophene rings is 1. The third-order valence-corrected chi connectivity index (χ3v) is 5.64. The zero-order chi connectivity index (χ0) is 22.5. The molecule has 1 amide bonds. The van der Waals surface area contributed by atoms with Crippen LogP contribution < -0.4 is 10.2 Å². The van der Waals surface area contributed by atoms with Gasteiger partial charge in [-0.2, -0.15) is 5.10 Å². The predicted octanol–water partition coefficient (Wildman–Crippen LogP) is 5.29. The third-order valence-electron chi connectivity index (χ3n) is 4.52. The summed E-state index contributed by atoms with van der Waals surface area (Å²) in [5.74, 6) is -0.213. The fourth-order valence-corrected chi connectivity index (χ4v) is 3.87. The fraction of sp³-hybridized carbons (Fsp3) is 0.0435. The normalized spacial score (nSPS) is 11.0. The second kappa shape index (κ2) is 9.36. The number of hydrogen-bond donors (Lipinski definition) is 1. The van der Waals surface area contributed by atoms with Gasteiger partial charge in [-0.15, -0.1) is 11.3 Å². The van der Waals surface area contributed by atoms with Gasteiger partial charge in [0.05, 0.1) is 16.0 Å². The van der Waals surface area contributed by atoms with E-state index < -0.39 is 10.8 Å². The third kappa shape index (κ3) is 4.96. The number of hydrogen-bond acceptors (Lipinski definition) is 6. The Kier molecular flexibility index (Phi) is 6.18. The molecular formula is C23H16FN3O4S. The highest BCUT2D eigenvalue weighted by atomic mass is 32.1. The number of ether oxygens (including phenoxy) is 1. The molecule has 7 nitrogen and oxygen atoms in total. The van der Waals surface area contributed by atoms with Crippen LogP contribution in [0.4, 0.5) is 10.1 Å². The van der Waals surface area contributed by atoms with Crippen LogP contribution in [-0.2, 0) is 6.61 Å². The second-order valence-electron chi connectivity index (χ2n) is 6.74. The number of halogens is 1. The zero-order valence-electron chi connectivity index (χ0n) is 16.5. The van der Waals surface area contributed by atoms with Crippen LogP contribution in [0.2, 0.25) is 0 Å². The van der Waals surface area contributed by atoms with Crippen molar-refractivity contribution in [1.29, 1.82) is 0 Å². The fourth-order valence-electron chi connectivity index (χ4n) is 2.94. The highest BCUT2D eigenvalue weighted by Gasteiger charge is 2.13. The lowest BCUT2D eigenvalue weighted by Gasteiger charge is -2.07. The number of nitro benzene ring substituents is 1. The second-order valence-corrected chi connectivity index (χ2v) is 7.83. The van der Waals surface area contributed by atoms with Gasteiger partial charge in [-0.05, 0) is 35.9 Å². The van der Waals surface area contributed by atoms with Gasteiger partial charge in [-0.1, -0.05) is 30.3 Å². The van der Waals surface area contributed by atoms with Crippen molar-refractivity contribution in [1.82, 2.24) is 5.43 Å². The number of nitrogens with zero attached hydrogens (tertiary/aromatic N) is 2. The van der Waals surface area contributed by atoms with Crippen LogP contribution in [0.1, 0.15) is 20.8 Å². The molecule has 0 atom stereocenters. The summed E-state index contributed by atoms with van der Waals surface area (Å²) in [4.78, 5) is 23.2. The number of hydrazone groups is 1. The first-order chi connectivity index (χ1) is 15.5. The summed E-state index contributed by atoms with van der Waals surface area (Å²) in [6, 6.07) is 19.4. The molecule has 0 fully saturated rings. The van der Waals surface area contributed by atoms with E-state index in [0.717, 1.165) is 4.70 Å². The van der Waals surface area contributed by atoms with Gasteiger partial charge in [0.15, 0.2) is 0 Å². The van der Waals surface area contributed by atoms with Crippen LogP contribution in [0.25, 0.3) is 10.1 Å². The van der Waals surface area contributed by atoms with Crippen LogP contribution in [0.3, 0.4) is 0 Å². The number of nitro groups is 1. The number of carbonyl (C=O) groups is 1. The van der Waals surface area contributed by atoms with Crippen LogP contribution >= 0.6 is 11.3 Å². The van der Waals surface area contributed by atoms with Crippen molar-refractivity contribution in [3.63, 3.8) is 0 Å². The van der Waals surface area contributed by atoms with Gasteiger partial charge in [-0.25, -0.2) is 9.82 Å². The van der Waals surface area contributed by atoms with Gasteiger partial charge in [-0.3, -0.25) is 14.9 Å². The summed E-state index contributed by atoms with van der Waals surface area (Å²) in [5, 5.41) is 15.5. The number of amides is 1. The minimum absolute atomic E-state index is 0.0302. The molecule has 0 saturated heterocycles. The van der Waals surface area contributed by atoms with E-state index in [1.165, 1.54) is 35.8 Å². The van der Waals surface area contributed by atoms with Crippen molar-refractivity contribution in [2.24, 2.45) is 5.10 Å². The number of carbonyl (C=O) groups excluding carboxylic acids is 1. The van der Waals surface area contributed by atoms with E-state index in [4.69, 9.17) is 4.74 Å². The highest BCUT2D eigenvalue weighted by molar-refractivity contribution is 7.20. The molecule has 0 radical (unpaired) electrons. The highest BCUT2D eigenvalue weighted by Crippen LogP contribution is 2.28. The molecule has 4 aromatic rings. The quantitative estimate of drug-likeness (QED) is 0.236. The van der Waals surface area contributed by atoms with E-state index in [1.54, 1.807) is 54.6 Å². The van der Waals surface area contributed by atoms with E-state index in [-0.39, 0.29) is 18.1 Å². The molecule has 9 heteroatoms. The van der Waals surface area contributed by atoms with Crippen molar-refractivity contribution in [2.45, 2.75) is 6.61 Å². The van der Waals surface area contributed by atoms with Crippen molar-refractivity contribution in [3.8, 4) is 5.75 Å². The van der Waals surface area contributed by atoms with Crippen molar-refractivity contribution < 1.29 is 18.8 Å². The van der Waals surface area contributed by atoms with E-state index in [1.807, 2.05) is 0 Å². The topological polar surface area (TPSA) is 93.8 Å². The maximum absolute atomic E-state index is 13.7. The largest absolute Gasteiger partial charge is 0.489 e. The Hall–Kier alpha value is -4.11. The van der Waals surface area contributed by atoms with Crippen LogP contribution in [0.15, 0.2) is 77.9 Å². The van der Waals surface area contributed by atoms with E-state index >= 15 is 0 Å². The summed E-state index contributed by atoms with van der Waals surface area (Å²) < 4.78 is 20.1. The molecule has 0 spiro atoms. The van der Waals surface area contributed by atoms with E-state index in [9.17, 15) is 19.3 Å². The Labute approximate surface area is 185 Å². The maximum atomic E-state index is 13.7. The molecule has 0 bridgehead atoms. The molecule has 0 unspecified atom stereocenters. The average molecular weight is 449 g/mol. The molecule has 0 aliphatic heterocycles. The SMILES string of the molecule is O=C(NN=Cc1cccc(OCc2ccccc2F)c1)c1cc2cc([N+](=O)[O-])ccc2s1. The van der Waals surface area contributed by atoms with Crippen molar-refractivity contribution in [3.05, 3.63) is 105 Å². The van der Waals surface area contributed by atoms with Gasteiger partial charge in [0.1, 0.15) is 18.2 Å². The lowest BCUT2D eigenvalue weighted by molar-refractivity contribution is -0.384. The first-order valence-electron chi connectivity index (χ1n) is 9.47. The van der Waals surface area contributed by atoms with Crippen LogP contribution in [0, 0.1) is 15.9 Å². The molecule has 1 N–H and O–H groups in total. The van der Waals surface area contributed by atoms with Crippen LogP contribution in [-0.4, -0.2) is 17.0 Å². The lowest BCUT2D eigenvalue weighted by atomic mass is 10.2. The van der Waals surface area contributed by atoms with E-state index in [0.29, 0.717) is 27.1 Å². The lowest BCUT2D eigenvalue weighted by Crippen LogP contribution is -2.16. The number of rotatable bonds is 7. The van der Waals surface area contributed by atoms with Crippen LogP contribution in [0.5, 0.6) is 5.75 Å². The number of fused-ring (bicyclic) bond motifs is 1. The molecule has 0 aliphatic carbocycles. The van der Waals surface area contributed by atoms with Gasteiger partial charge < -0.3 is 4.74 Å². The molecule has 0 aliphatic rings. The minimum atomic E-state index is -0.477. The maximum Gasteiger partial charge on any atom is 0.281 e. The first-order valence-corrected chi connectivity index (χ1v) is 10.3. The molecule has 4 rings (SSSR count). The minimum Gasteiger partial charge on any atom is -0.489 e. The smallest absolute Gasteiger partial charge is 0.281 e. The molecule has 1 aromatic heterocycles. The Bertz CT molecular complexity index is 1340. The number of benzene rings is 3. The summed E-state index contributed by atoms with van der Waals surface area (Å²) in [6.07, 6.45) is 1.46. The van der Waals surface area contributed by atoms with E-state index in [2.05, 4.69) is 10.5 Å². The summed E-state index contributed by atoms with van der Waals surface area (Å²) in [6.45, 7) is 0.0914. The Morgan fingerprint density at radius 1 is 1.12 bits per heavy atom. The Balaban J connectivity index is 1.39. The predicted molar refractivity (Wildman–Crippen MR) is 121 cm³/mol. The van der Waals surface area contributed by atoms with Gasteiger partial charge in [0, 0.05) is 27.8 Å². The van der Waals surface area contributed by atoms with Gasteiger partial charge in [0.25, 0.3) is 11.6 Å². The molecule has 1 heterocycles. The first kappa shape index (κ1) is 21.1. The number of nitrogens with one attached hydrogen (secondary N) is 1. The molecule has 3 aromatic carbocycles. The molecular weight excluding hydrogens is 433 g/mol. The standard InChI is InChI=1S/C23H16FN3O4S/c24-20-7-2-1-5-16(20)14-31-19-6-3-4-15(10-19)13-25-26-23(28)22-12-17-11-18(27(29)30)8-9-21(17)32-22/h1-13H,14H2,(H,26,28). The summed E-state index contributed by atoms with van der Waals surface area (Å²) in [5.41, 5.74) is 3.55. The number of non-ortho nitro benzene ring substituents is 1. The van der Waals surface area contributed by atoms with Crippen molar-refractivity contribution >= 4 is 39.2 Å².